The van der Waals surface area contributed by atoms with Crippen molar-refractivity contribution in [2.45, 2.75) is 52.0 Å². The van der Waals surface area contributed by atoms with Crippen LogP contribution in [0.3, 0.4) is 0 Å². The van der Waals surface area contributed by atoms with Crippen LogP contribution in [0.15, 0.2) is 4.99 Å². The van der Waals surface area contributed by atoms with Crippen molar-refractivity contribution in [3.8, 4) is 0 Å². The number of hydrogen-bond donors (Lipinski definition) is 1. The molecule has 2 aliphatic heterocycles. The molecule has 1 saturated carbocycles. The number of hydrogen-bond acceptors (Lipinski definition) is 3. The van der Waals surface area contributed by atoms with Gasteiger partial charge in [-0.2, -0.15) is 0 Å². The van der Waals surface area contributed by atoms with Crippen molar-refractivity contribution in [1.82, 2.24) is 15.1 Å². The molecule has 0 bridgehead atoms. The van der Waals surface area contributed by atoms with Gasteiger partial charge in [-0.05, 0) is 30.6 Å². The molecule has 2 heterocycles. The molecule has 5 heteroatoms. The summed E-state index contributed by atoms with van der Waals surface area (Å²) in [7, 11) is 1.93. The van der Waals surface area contributed by atoms with E-state index in [0.29, 0.717) is 17.4 Å². The van der Waals surface area contributed by atoms with Gasteiger partial charge < -0.3 is 15.0 Å². The molecule has 1 N–H and O–H groups in total. The van der Waals surface area contributed by atoms with Crippen LogP contribution >= 0.6 is 0 Å². The molecule has 1 unspecified atom stereocenters. The lowest BCUT2D eigenvalue weighted by molar-refractivity contribution is 0.00741. The van der Waals surface area contributed by atoms with Gasteiger partial charge in [0, 0.05) is 45.8 Å². The van der Waals surface area contributed by atoms with Crippen molar-refractivity contribution in [1.29, 1.82) is 0 Å². The highest BCUT2D eigenvalue weighted by molar-refractivity contribution is 5.80. The van der Waals surface area contributed by atoms with E-state index in [1.807, 2.05) is 7.05 Å². The highest BCUT2D eigenvalue weighted by Gasteiger charge is 2.41. The predicted octanol–water partition coefficient (Wildman–Crippen LogP) is 2.18. The number of nitrogens with zero attached hydrogens (tertiary/aromatic N) is 3. The Kier molecular flexibility index (Phi) is 6.03. The number of likely N-dealkylation sites (tertiary alicyclic amines) is 1. The van der Waals surface area contributed by atoms with Crippen LogP contribution < -0.4 is 5.32 Å². The minimum Gasteiger partial charge on any atom is -0.379 e. The molecule has 2 saturated heterocycles. The number of guanidine groups is 1. The van der Waals surface area contributed by atoms with Crippen molar-refractivity contribution < 1.29 is 4.74 Å². The Bertz CT molecular complexity index is 425. The van der Waals surface area contributed by atoms with Gasteiger partial charge in [0.1, 0.15) is 0 Å². The van der Waals surface area contributed by atoms with E-state index in [1.54, 1.807) is 0 Å². The molecule has 1 aliphatic carbocycles. The quantitative estimate of drug-likeness (QED) is 0.631. The van der Waals surface area contributed by atoms with Gasteiger partial charge in [-0.25, -0.2) is 0 Å². The summed E-state index contributed by atoms with van der Waals surface area (Å²) in [4.78, 5) is 9.67. The summed E-state index contributed by atoms with van der Waals surface area (Å²) in [5.41, 5.74) is 0.597. The summed E-state index contributed by atoms with van der Waals surface area (Å²) in [6.07, 6.45) is 7.04. The Morgan fingerprint density at radius 2 is 1.83 bits per heavy atom. The van der Waals surface area contributed by atoms with Crippen molar-refractivity contribution in [3.05, 3.63) is 0 Å². The first-order valence-corrected chi connectivity index (χ1v) is 9.91. The lowest BCUT2D eigenvalue weighted by Gasteiger charge is -2.37. The van der Waals surface area contributed by atoms with Gasteiger partial charge in [-0.3, -0.25) is 9.89 Å². The topological polar surface area (TPSA) is 40.1 Å². The van der Waals surface area contributed by atoms with E-state index >= 15 is 0 Å². The third kappa shape index (κ3) is 4.05. The summed E-state index contributed by atoms with van der Waals surface area (Å²) >= 11 is 0. The highest BCUT2D eigenvalue weighted by atomic mass is 16.5. The maximum atomic E-state index is 5.52. The molecule has 0 aromatic rings. The second-order valence-electron chi connectivity index (χ2n) is 8.27. The number of nitrogens with one attached hydrogen (secondary N) is 1. The zero-order valence-corrected chi connectivity index (χ0v) is 15.9. The van der Waals surface area contributed by atoms with E-state index in [2.05, 4.69) is 34.0 Å². The van der Waals surface area contributed by atoms with Crippen molar-refractivity contribution in [2.75, 3.05) is 53.0 Å². The number of aliphatic imine (C=N–C) groups is 1. The molecule has 0 aromatic carbocycles. The van der Waals surface area contributed by atoms with Crippen LogP contribution in [0.1, 0.15) is 46.0 Å². The monoisotopic (exact) mass is 336 g/mol. The summed E-state index contributed by atoms with van der Waals surface area (Å²) in [5.74, 6) is 1.74. The second-order valence-corrected chi connectivity index (χ2v) is 8.27. The van der Waals surface area contributed by atoms with E-state index in [1.165, 1.54) is 45.2 Å². The molecular weight excluding hydrogens is 300 g/mol. The molecule has 0 radical (unpaired) electrons. The Labute approximate surface area is 147 Å². The molecule has 3 fully saturated rings. The Morgan fingerprint density at radius 1 is 1.12 bits per heavy atom. The molecule has 5 nitrogen and oxygen atoms in total. The number of ether oxygens (including phenoxy) is 1. The van der Waals surface area contributed by atoms with Gasteiger partial charge >= 0.3 is 0 Å². The Morgan fingerprint density at radius 3 is 2.46 bits per heavy atom. The van der Waals surface area contributed by atoms with Gasteiger partial charge in [-0.15, -0.1) is 0 Å². The van der Waals surface area contributed by atoms with Gasteiger partial charge in [0.25, 0.3) is 0 Å². The van der Waals surface area contributed by atoms with E-state index in [0.717, 1.165) is 38.8 Å². The zero-order valence-electron chi connectivity index (χ0n) is 15.9. The fraction of sp³-hybridized carbons (Fsp3) is 0.947. The smallest absolute Gasteiger partial charge is 0.193 e. The first kappa shape index (κ1) is 18.0. The van der Waals surface area contributed by atoms with E-state index < -0.39 is 0 Å². The van der Waals surface area contributed by atoms with E-state index in [9.17, 15) is 0 Å². The lowest BCUT2D eigenvalue weighted by atomic mass is 9.86. The predicted molar refractivity (Wildman–Crippen MR) is 99.5 cm³/mol. The van der Waals surface area contributed by atoms with Gasteiger partial charge in [0.15, 0.2) is 5.96 Å². The summed E-state index contributed by atoms with van der Waals surface area (Å²) in [5, 5.41) is 3.69. The average molecular weight is 337 g/mol. The van der Waals surface area contributed by atoms with E-state index in [4.69, 9.17) is 4.74 Å². The van der Waals surface area contributed by atoms with Crippen molar-refractivity contribution >= 4 is 5.96 Å². The SMILES string of the molecule is CN=C(NCC(C(C)C)N1CCOCC1)N1CCC2(CCCC2)C1. The molecule has 0 aromatic heterocycles. The molecule has 24 heavy (non-hydrogen) atoms. The minimum absolute atomic E-state index is 0.550. The van der Waals surface area contributed by atoms with Crippen LogP contribution in [-0.4, -0.2) is 74.8 Å². The maximum Gasteiger partial charge on any atom is 0.193 e. The lowest BCUT2D eigenvalue weighted by Crippen LogP contribution is -2.53. The van der Waals surface area contributed by atoms with Crippen LogP contribution in [0.25, 0.3) is 0 Å². The second kappa shape index (κ2) is 8.05. The standard InChI is InChI=1S/C19H36N4O/c1-16(2)17(22-10-12-24-13-11-22)14-21-18(20-3)23-9-8-19(15-23)6-4-5-7-19/h16-17H,4-15H2,1-3H3,(H,20,21). The highest BCUT2D eigenvalue weighted by Crippen LogP contribution is 2.45. The minimum atomic E-state index is 0.550. The number of rotatable bonds is 4. The van der Waals surface area contributed by atoms with Gasteiger partial charge in [-0.1, -0.05) is 26.7 Å². The third-order valence-corrected chi connectivity index (χ3v) is 6.37. The molecule has 1 spiro atoms. The molecule has 3 aliphatic rings. The fourth-order valence-electron chi connectivity index (χ4n) is 4.87. The van der Waals surface area contributed by atoms with Crippen LogP contribution in [0.5, 0.6) is 0 Å². The maximum absolute atomic E-state index is 5.52. The third-order valence-electron chi connectivity index (χ3n) is 6.37. The largest absolute Gasteiger partial charge is 0.379 e. The van der Waals surface area contributed by atoms with Crippen molar-refractivity contribution in [3.63, 3.8) is 0 Å². The van der Waals surface area contributed by atoms with Crippen LogP contribution in [0.2, 0.25) is 0 Å². The molecule has 138 valence electrons. The Hall–Kier alpha value is -0.810. The summed E-state index contributed by atoms with van der Waals surface area (Å²) < 4.78 is 5.52. The number of morpholine rings is 1. The zero-order chi connectivity index (χ0) is 17.0. The fourth-order valence-corrected chi connectivity index (χ4v) is 4.87. The van der Waals surface area contributed by atoms with Crippen LogP contribution in [0.4, 0.5) is 0 Å². The summed E-state index contributed by atoms with van der Waals surface area (Å²) in [6.45, 7) is 11.8. The van der Waals surface area contributed by atoms with Gasteiger partial charge in [0.05, 0.1) is 13.2 Å². The van der Waals surface area contributed by atoms with Gasteiger partial charge in [0.2, 0.25) is 0 Å². The van der Waals surface area contributed by atoms with E-state index in [-0.39, 0.29) is 0 Å². The summed E-state index contributed by atoms with van der Waals surface area (Å²) in [6, 6.07) is 0.550. The average Bonchev–Trinajstić information content (AvgIpc) is 3.22. The molecule has 1 atom stereocenters. The Balaban J connectivity index is 1.54. The van der Waals surface area contributed by atoms with Crippen LogP contribution in [0, 0.1) is 11.3 Å². The molecule has 0 amide bonds. The van der Waals surface area contributed by atoms with Crippen LogP contribution in [-0.2, 0) is 4.74 Å². The molecular formula is C19H36N4O. The first-order valence-electron chi connectivity index (χ1n) is 9.91. The molecule has 3 rings (SSSR count). The van der Waals surface area contributed by atoms with Crippen molar-refractivity contribution in [2.24, 2.45) is 16.3 Å². The first-order chi connectivity index (χ1) is 11.6. The normalized spacial score (nSPS) is 26.5.